The summed E-state index contributed by atoms with van der Waals surface area (Å²) in [6.07, 6.45) is 0. The van der Waals surface area contributed by atoms with Crippen molar-refractivity contribution in [3.05, 3.63) is 81.3 Å². The molecule has 2 aliphatic rings. The minimum atomic E-state index is -3.59. The van der Waals surface area contributed by atoms with E-state index in [1.807, 2.05) is 30.3 Å². The van der Waals surface area contributed by atoms with E-state index < -0.39 is 10.0 Å². The number of hydrogen-bond acceptors (Lipinski definition) is 8. The van der Waals surface area contributed by atoms with Crippen molar-refractivity contribution >= 4 is 48.7 Å². The number of ether oxygens (including phenoxy) is 1. The smallest absolute Gasteiger partial charge is 0.292 e. The lowest BCUT2D eigenvalue weighted by Gasteiger charge is -2.38. The van der Waals surface area contributed by atoms with Gasteiger partial charge in [-0.3, -0.25) is 10.1 Å². The molecule has 10 nitrogen and oxygen atoms in total. The summed E-state index contributed by atoms with van der Waals surface area (Å²) < 4.78 is 34.0. The van der Waals surface area contributed by atoms with Crippen molar-refractivity contribution in [3.63, 3.8) is 0 Å². The Bertz CT molecular complexity index is 1440. The third-order valence-electron chi connectivity index (χ3n) is 7.26. The second kappa shape index (κ2) is 11.4. The van der Waals surface area contributed by atoms with E-state index in [0.717, 1.165) is 21.6 Å². The Morgan fingerprint density at radius 3 is 2.00 bits per heavy atom. The molecule has 0 unspecified atom stereocenters. The fourth-order valence-electron chi connectivity index (χ4n) is 5.14. The lowest BCUT2D eigenvalue weighted by atomic mass is 10.1. The van der Waals surface area contributed by atoms with Crippen molar-refractivity contribution in [2.75, 3.05) is 74.2 Å². The van der Waals surface area contributed by atoms with E-state index in [1.165, 1.54) is 4.31 Å². The van der Waals surface area contributed by atoms with E-state index >= 15 is 0 Å². The van der Waals surface area contributed by atoms with Crippen molar-refractivity contribution in [2.24, 2.45) is 0 Å². The molecule has 0 atom stereocenters. The van der Waals surface area contributed by atoms with Crippen LogP contribution in [0.15, 0.2) is 76.1 Å². The lowest BCUT2D eigenvalue weighted by Crippen LogP contribution is -2.49. The topological polar surface area (TPSA) is 99.5 Å². The first-order valence-electron chi connectivity index (χ1n) is 12.7. The SMILES string of the molecule is COc1ccccc1N1CCN(c2cc(N3CCN(S(=O)(=O)c4ccc(Br)cc4)CC3)ccc2[N+](=O)[O-])CC1. The maximum absolute atomic E-state index is 13.1. The summed E-state index contributed by atoms with van der Waals surface area (Å²) in [7, 11) is -1.93. The molecule has 3 aromatic rings. The molecule has 3 aromatic carbocycles. The Morgan fingerprint density at radius 1 is 0.795 bits per heavy atom. The quantitative estimate of drug-likeness (QED) is 0.288. The van der Waals surface area contributed by atoms with Gasteiger partial charge in [0.15, 0.2) is 0 Å². The average Bonchev–Trinajstić information content (AvgIpc) is 2.97. The third kappa shape index (κ3) is 5.68. The first-order valence-corrected chi connectivity index (χ1v) is 14.9. The number of methoxy groups -OCH3 is 1. The zero-order valence-corrected chi connectivity index (χ0v) is 24.0. The van der Waals surface area contributed by atoms with Gasteiger partial charge < -0.3 is 19.4 Å². The van der Waals surface area contributed by atoms with Crippen molar-refractivity contribution < 1.29 is 18.1 Å². The highest BCUT2D eigenvalue weighted by Crippen LogP contribution is 2.35. The molecule has 2 saturated heterocycles. The molecular formula is C27H30BrN5O5S. The Morgan fingerprint density at radius 2 is 1.38 bits per heavy atom. The second-order valence-corrected chi connectivity index (χ2v) is 12.3. The van der Waals surface area contributed by atoms with E-state index in [0.29, 0.717) is 58.0 Å². The minimum absolute atomic E-state index is 0.0703. The number of piperazine rings is 2. The normalized spacial score (nSPS) is 16.8. The molecular weight excluding hydrogens is 586 g/mol. The second-order valence-electron chi connectivity index (χ2n) is 9.42. The summed E-state index contributed by atoms with van der Waals surface area (Å²) in [5, 5.41) is 11.9. The fraction of sp³-hybridized carbons (Fsp3) is 0.333. The largest absolute Gasteiger partial charge is 0.495 e. The molecule has 206 valence electrons. The minimum Gasteiger partial charge on any atom is -0.495 e. The van der Waals surface area contributed by atoms with Gasteiger partial charge in [0.25, 0.3) is 5.69 Å². The van der Waals surface area contributed by atoms with Crippen LogP contribution in [0.2, 0.25) is 0 Å². The summed E-state index contributed by atoms with van der Waals surface area (Å²) in [6.45, 7) is 4.32. The van der Waals surface area contributed by atoms with Gasteiger partial charge in [0.1, 0.15) is 11.4 Å². The number of hydrogen-bond donors (Lipinski definition) is 0. The zero-order valence-electron chi connectivity index (χ0n) is 21.6. The molecule has 2 fully saturated rings. The highest BCUT2D eigenvalue weighted by atomic mass is 79.9. The molecule has 0 spiro atoms. The Kier molecular flexibility index (Phi) is 7.96. The number of sulfonamides is 1. The molecule has 5 rings (SSSR count). The highest BCUT2D eigenvalue weighted by molar-refractivity contribution is 9.10. The molecule has 0 bridgehead atoms. The van der Waals surface area contributed by atoms with Gasteiger partial charge in [0.2, 0.25) is 10.0 Å². The number of para-hydroxylation sites is 2. The van der Waals surface area contributed by atoms with E-state index in [4.69, 9.17) is 4.74 Å². The van der Waals surface area contributed by atoms with Crippen LogP contribution in [0, 0.1) is 10.1 Å². The highest BCUT2D eigenvalue weighted by Gasteiger charge is 2.30. The maximum Gasteiger partial charge on any atom is 0.292 e. The molecule has 0 amide bonds. The molecule has 0 radical (unpaired) electrons. The number of rotatable bonds is 7. The first-order chi connectivity index (χ1) is 18.8. The van der Waals surface area contributed by atoms with Gasteiger partial charge in [-0.05, 0) is 48.5 Å². The number of nitro benzene ring substituents is 1. The summed E-state index contributed by atoms with van der Waals surface area (Å²) in [4.78, 5) is 18.2. The lowest BCUT2D eigenvalue weighted by molar-refractivity contribution is -0.384. The number of halogens is 1. The predicted octanol–water partition coefficient (Wildman–Crippen LogP) is 4.20. The van der Waals surface area contributed by atoms with Crippen molar-refractivity contribution in [1.29, 1.82) is 0 Å². The van der Waals surface area contributed by atoms with Gasteiger partial charge in [-0.25, -0.2) is 8.42 Å². The first kappa shape index (κ1) is 27.2. The number of nitro groups is 1. The van der Waals surface area contributed by atoms with Crippen molar-refractivity contribution in [3.8, 4) is 5.75 Å². The fourth-order valence-corrected chi connectivity index (χ4v) is 6.82. The van der Waals surface area contributed by atoms with Crippen LogP contribution in [0.3, 0.4) is 0 Å². The van der Waals surface area contributed by atoms with Gasteiger partial charge in [0.05, 0.1) is 22.6 Å². The number of anilines is 3. The Labute approximate surface area is 236 Å². The van der Waals surface area contributed by atoms with E-state index in [2.05, 4.69) is 30.6 Å². The standard InChI is InChI=1S/C27H30BrN5O5S/c1-38-27-5-3-2-4-25(27)30-12-14-31(15-13-30)26-20-22(8-11-24(26)33(34)35)29-16-18-32(19-17-29)39(36,37)23-9-6-21(28)7-10-23/h2-11,20H,12-19H2,1H3. The van der Waals surface area contributed by atoms with E-state index in [-0.39, 0.29) is 15.5 Å². The third-order valence-corrected chi connectivity index (χ3v) is 9.70. The van der Waals surface area contributed by atoms with Crippen molar-refractivity contribution in [2.45, 2.75) is 4.90 Å². The van der Waals surface area contributed by atoms with Crippen LogP contribution in [-0.2, 0) is 10.0 Å². The summed E-state index contributed by atoms with van der Waals surface area (Å²) >= 11 is 3.34. The average molecular weight is 617 g/mol. The van der Waals surface area contributed by atoms with E-state index in [9.17, 15) is 18.5 Å². The maximum atomic E-state index is 13.1. The van der Waals surface area contributed by atoms with Crippen LogP contribution < -0.4 is 19.4 Å². The molecule has 0 N–H and O–H groups in total. The Balaban J connectivity index is 1.29. The van der Waals surface area contributed by atoms with Gasteiger partial charge in [-0.15, -0.1) is 0 Å². The van der Waals surface area contributed by atoms with Crippen LogP contribution in [0.1, 0.15) is 0 Å². The van der Waals surface area contributed by atoms with Crippen molar-refractivity contribution in [1.82, 2.24) is 4.31 Å². The monoisotopic (exact) mass is 615 g/mol. The summed E-state index contributed by atoms with van der Waals surface area (Å²) in [6, 6.07) is 19.7. The predicted molar refractivity (Wildman–Crippen MR) is 156 cm³/mol. The summed E-state index contributed by atoms with van der Waals surface area (Å²) in [5.74, 6) is 0.806. The molecule has 12 heteroatoms. The number of benzene rings is 3. The van der Waals surface area contributed by atoms with Crippen LogP contribution in [0.4, 0.5) is 22.7 Å². The van der Waals surface area contributed by atoms with Gasteiger partial charge in [0, 0.05) is 68.6 Å². The summed E-state index contributed by atoms with van der Waals surface area (Å²) in [5.41, 5.74) is 2.52. The van der Waals surface area contributed by atoms with Gasteiger partial charge in [-0.2, -0.15) is 4.31 Å². The van der Waals surface area contributed by atoms with Crippen LogP contribution in [0.5, 0.6) is 5.75 Å². The van der Waals surface area contributed by atoms with Crippen LogP contribution >= 0.6 is 15.9 Å². The molecule has 0 saturated carbocycles. The Hall–Kier alpha value is -3.35. The van der Waals surface area contributed by atoms with E-state index in [1.54, 1.807) is 43.5 Å². The van der Waals surface area contributed by atoms with Gasteiger partial charge in [-0.1, -0.05) is 28.1 Å². The van der Waals surface area contributed by atoms with Gasteiger partial charge >= 0.3 is 0 Å². The zero-order chi connectivity index (χ0) is 27.6. The number of nitrogens with zero attached hydrogens (tertiary/aromatic N) is 5. The molecule has 2 heterocycles. The van der Waals surface area contributed by atoms with Crippen LogP contribution in [-0.4, -0.2) is 77.1 Å². The molecule has 0 aromatic heterocycles. The molecule has 39 heavy (non-hydrogen) atoms. The molecule has 0 aliphatic carbocycles. The van der Waals surface area contributed by atoms with Crippen LogP contribution in [0.25, 0.3) is 0 Å². The molecule has 2 aliphatic heterocycles.